The van der Waals surface area contributed by atoms with Crippen molar-refractivity contribution in [2.24, 2.45) is 5.92 Å². The summed E-state index contributed by atoms with van der Waals surface area (Å²) in [6.07, 6.45) is -12.5. The molecule has 0 unspecified atom stereocenters. The highest BCUT2D eigenvalue weighted by Gasteiger charge is 2.51. The quantitative estimate of drug-likeness (QED) is 0.114. The number of nitrogens with one attached hydrogen (secondary N) is 2. The second-order valence-corrected chi connectivity index (χ2v) is 15.1. The van der Waals surface area contributed by atoms with Crippen LogP contribution in [-0.2, 0) is 42.9 Å². The van der Waals surface area contributed by atoms with Crippen molar-refractivity contribution < 1.29 is 73.1 Å². The Balaban J connectivity index is 1.48. The van der Waals surface area contributed by atoms with Crippen LogP contribution in [0.4, 0.5) is 0 Å². The van der Waals surface area contributed by atoms with Gasteiger partial charge in [-0.1, -0.05) is 32.1 Å². The van der Waals surface area contributed by atoms with Crippen LogP contribution in [0.15, 0.2) is 35.9 Å². The number of carbonyl (C=O) groups is 4. The van der Waals surface area contributed by atoms with Crippen LogP contribution in [0.1, 0.15) is 78.8 Å². The average molecular weight is 824 g/mol. The first-order chi connectivity index (χ1) is 27.5. The highest BCUT2D eigenvalue weighted by atomic mass is 16.8. The first kappa shape index (κ1) is 47.0. The molecule has 18 nitrogen and oxygen atoms in total. The summed E-state index contributed by atoms with van der Waals surface area (Å²) < 4.78 is 34.4. The van der Waals surface area contributed by atoms with Gasteiger partial charge in [-0.3, -0.25) is 14.4 Å². The Morgan fingerprint density at radius 1 is 0.966 bits per heavy atom. The van der Waals surface area contributed by atoms with E-state index in [1.54, 1.807) is 36.1 Å². The lowest BCUT2D eigenvalue weighted by atomic mass is 9.97. The van der Waals surface area contributed by atoms with Gasteiger partial charge in [0.1, 0.15) is 55.1 Å². The lowest BCUT2D eigenvalue weighted by molar-refractivity contribution is -0.355. The Labute approximate surface area is 338 Å². The second kappa shape index (κ2) is 22.0. The number of esters is 2. The van der Waals surface area contributed by atoms with Crippen molar-refractivity contribution in [1.82, 2.24) is 15.5 Å². The minimum atomic E-state index is -1.82. The van der Waals surface area contributed by atoms with Crippen molar-refractivity contribution in [3.63, 3.8) is 0 Å². The normalized spacial score (nSPS) is 33.7. The van der Waals surface area contributed by atoms with Crippen molar-refractivity contribution in [1.29, 1.82) is 0 Å². The highest BCUT2D eigenvalue weighted by Crippen LogP contribution is 2.31. The number of allylic oxidation sites excluding steroid dienone is 1. The van der Waals surface area contributed by atoms with E-state index in [9.17, 15) is 44.7 Å². The molecule has 3 aliphatic heterocycles. The summed E-state index contributed by atoms with van der Waals surface area (Å²) in [4.78, 5) is 52.1. The summed E-state index contributed by atoms with van der Waals surface area (Å²) in [6, 6.07) is 6.22. The standard InChI is InChI=1S/C40H61N3O15/c1-7-21(3)37(51)43-17-9-15-42-30(45)18-28(41-16-14-27(19-43)55-24(6)44)25-10-12-26(13-11-25)56-40-36(34(49)31(46)23(5)54-40)58-39-35(50)33(48)32(47)29(57-39)20-53-38(52)22(4)8-2/h8,10-13,21,23,27-29,31-36,39-41,46-50H,7,9,14-20H2,1-6H3,(H,42,45)/t21-,23-,27+,28-,29+,31-,32+,33-,34+,35+,36+,39-,40-/m0/s1. The fourth-order valence-electron chi connectivity index (χ4n) is 6.79. The van der Waals surface area contributed by atoms with E-state index in [4.69, 9.17) is 28.4 Å². The van der Waals surface area contributed by atoms with Gasteiger partial charge in [0, 0.05) is 44.0 Å². The van der Waals surface area contributed by atoms with Crippen LogP contribution in [0.2, 0.25) is 0 Å². The predicted octanol–water partition coefficient (Wildman–Crippen LogP) is -0.0286. The predicted molar refractivity (Wildman–Crippen MR) is 205 cm³/mol. The third kappa shape index (κ3) is 12.6. The fourth-order valence-corrected chi connectivity index (χ4v) is 6.79. The van der Waals surface area contributed by atoms with Crippen LogP contribution >= 0.6 is 0 Å². The number of ether oxygens (including phenoxy) is 6. The summed E-state index contributed by atoms with van der Waals surface area (Å²) in [5, 5.41) is 60.0. The van der Waals surface area contributed by atoms with Gasteiger partial charge in [0.25, 0.3) is 0 Å². The summed E-state index contributed by atoms with van der Waals surface area (Å²) in [5.74, 6) is -1.33. The van der Waals surface area contributed by atoms with Gasteiger partial charge in [-0.2, -0.15) is 0 Å². The van der Waals surface area contributed by atoms with Crippen LogP contribution < -0.4 is 15.4 Å². The Bertz CT molecular complexity index is 1550. The number of hydrogen-bond donors (Lipinski definition) is 7. The van der Waals surface area contributed by atoms with E-state index >= 15 is 0 Å². The molecule has 13 atom stereocenters. The van der Waals surface area contributed by atoms with Crippen molar-refractivity contribution in [2.45, 2.75) is 141 Å². The van der Waals surface area contributed by atoms with Gasteiger partial charge in [0.15, 0.2) is 12.4 Å². The fraction of sp³-hybridized carbons (Fsp3) is 0.700. The molecule has 0 aliphatic carbocycles. The molecule has 18 heteroatoms. The molecule has 1 aromatic rings. The second-order valence-electron chi connectivity index (χ2n) is 15.1. The molecule has 7 N–H and O–H groups in total. The molecule has 0 bridgehead atoms. The zero-order chi connectivity index (χ0) is 42.7. The number of amides is 2. The van der Waals surface area contributed by atoms with Gasteiger partial charge >= 0.3 is 11.9 Å². The van der Waals surface area contributed by atoms with Crippen molar-refractivity contribution in [2.75, 3.05) is 32.8 Å². The largest absolute Gasteiger partial charge is 0.462 e. The van der Waals surface area contributed by atoms with Gasteiger partial charge in [-0.05, 0) is 64.3 Å². The van der Waals surface area contributed by atoms with Gasteiger partial charge < -0.3 is 69.5 Å². The summed E-state index contributed by atoms with van der Waals surface area (Å²) in [6.45, 7) is 10.7. The van der Waals surface area contributed by atoms with Gasteiger partial charge in [-0.25, -0.2) is 4.79 Å². The van der Waals surface area contributed by atoms with Crippen LogP contribution in [0.3, 0.4) is 0 Å². The Morgan fingerprint density at radius 2 is 1.67 bits per heavy atom. The Morgan fingerprint density at radius 3 is 2.33 bits per heavy atom. The minimum absolute atomic E-state index is 0.0343. The first-order valence-electron chi connectivity index (χ1n) is 19.9. The molecular formula is C40H61N3O15. The molecule has 0 spiro atoms. The number of carbonyl (C=O) groups excluding carboxylic acids is 4. The van der Waals surface area contributed by atoms with Gasteiger partial charge in [0.2, 0.25) is 18.1 Å². The number of aliphatic hydroxyl groups excluding tert-OH is 5. The van der Waals surface area contributed by atoms with E-state index in [2.05, 4.69) is 10.6 Å². The zero-order valence-electron chi connectivity index (χ0n) is 34.0. The molecule has 3 heterocycles. The molecule has 0 saturated carbocycles. The van der Waals surface area contributed by atoms with E-state index in [0.29, 0.717) is 44.5 Å². The molecule has 58 heavy (non-hydrogen) atoms. The monoisotopic (exact) mass is 823 g/mol. The number of rotatable bonds is 11. The maximum absolute atomic E-state index is 13.2. The van der Waals surface area contributed by atoms with E-state index in [1.807, 2.05) is 13.8 Å². The first-order valence-corrected chi connectivity index (χ1v) is 19.9. The van der Waals surface area contributed by atoms with E-state index in [1.165, 1.54) is 26.8 Å². The Hall–Kier alpha value is -3.72. The van der Waals surface area contributed by atoms with Gasteiger partial charge in [0.05, 0.1) is 12.6 Å². The van der Waals surface area contributed by atoms with Crippen molar-refractivity contribution >= 4 is 23.8 Å². The average Bonchev–Trinajstić information content (AvgIpc) is 3.21. The van der Waals surface area contributed by atoms with Crippen LogP contribution in [-0.4, -0.2) is 154 Å². The number of nitrogens with zero attached hydrogens (tertiary/aromatic N) is 1. The molecular weight excluding hydrogens is 762 g/mol. The van der Waals surface area contributed by atoms with E-state index in [0.717, 1.165) is 5.56 Å². The van der Waals surface area contributed by atoms with Crippen LogP contribution in [0, 0.1) is 5.92 Å². The van der Waals surface area contributed by atoms with E-state index in [-0.39, 0.29) is 36.4 Å². The van der Waals surface area contributed by atoms with Crippen LogP contribution in [0.5, 0.6) is 5.75 Å². The SMILES string of the molecule is CC=C(C)C(=O)OC[C@H]1O[C@@H](O[C@H]2[C@H](Oc3ccc([C@@H]4CC(=O)NCCCN(C(=O)[C@@H](C)CC)C[C@H](OC(C)=O)CCN4)cc3)O[C@@H](C)[C@H](O)[C@H]2O)[C@H](O)[C@@H](O)[C@@H]1O. The molecule has 326 valence electrons. The maximum atomic E-state index is 13.2. The summed E-state index contributed by atoms with van der Waals surface area (Å²) in [5.41, 5.74) is 1.02. The zero-order valence-corrected chi connectivity index (χ0v) is 34.0. The van der Waals surface area contributed by atoms with Crippen LogP contribution in [0.25, 0.3) is 0 Å². The molecule has 0 radical (unpaired) electrons. The summed E-state index contributed by atoms with van der Waals surface area (Å²) in [7, 11) is 0. The lowest BCUT2D eigenvalue weighted by Gasteiger charge is -2.45. The smallest absolute Gasteiger partial charge is 0.333 e. The molecule has 2 amide bonds. The number of aliphatic hydroxyl groups is 5. The molecule has 0 aromatic heterocycles. The Kier molecular flexibility index (Phi) is 17.8. The third-order valence-corrected chi connectivity index (χ3v) is 10.7. The number of hydrogen-bond acceptors (Lipinski definition) is 16. The minimum Gasteiger partial charge on any atom is -0.462 e. The number of benzene rings is 1. The lowest BCUT2D eigenvalue weighted by Crippen LogP contribution is -2.64. The van der Waals surface area contributed by atoms with Crippen molar-refractivity contribution in [3.8, 4) is 5.75 Å². The third-order valence-electron chi connectivity index (χ3n) is 10.7. The summed E-state index contributed by atoms with van der Waals surface area (Å²) >= 11 is 0. The van der Waals surface area contributed by atoms with Gasteiger partial charge in [-0.15, -0.1) is 0 Å². The molecule has 3 saturated heterocycles. The molecule has 3 fully saturated rings. The molecule has 3 aliphatic rings. The molecule has 1 aromatic carbocycles. The van der Waals surface area contributed by atoms with Crippen molar-refractivity contribution in [3.05, 3.63) is 41.5 Å². The molecule has 4 rings (SSSR count). The van der Waals surface area contributed by atoms with E-state index < -0.39 is 92.1 Å². The highest BCUT2D eigenvalue weighted by molar-refractivity contribution is 5.87. The topological polar surface area (TPSA) is 252 Å². The maximum Gasteiger partial charge on any atom is 0.333 e.